The van der Waals surface area contributed by atoms with Crippen LogP contribution in [0.5, 0.6) is 0 Å². The Labute approximate surface area is 202 Å². The number of hydrogen-bond donors (Lipinski definition) is 2. The fourth-order valence-corrected chi connectivity index (χ4v) is 3.09. The summed E-state index contributed by atoms with van der Waals surface area (Å²) in [7, 11) is 0. The molecule has 0 heterocycles. The topological polar surface area (TPSA) is 102 Å². The lowest BCUT2D eigenvalue weighted by Crippen LogP contribution is -2.42. The number of nitrogens with two attached hydrogens (primary N) is 1. The number of benzene rings is 3. The fourth-order valence-electron chi connectivity index (χ4n) is 3.09. The molecule has 0 bridgehead atoms. The monoisotopic (exact) mass is 501 g/mol. The van der Waals surface area contributed by atoms with E-state index in [0.717, 1.165) is 42.5 Å². The average molecular weight is 501 g/mol. The van der Waals surface area contributed by atoms with Crippen LogP contribution in [0.4, 0.5) is 23.2 Å². The lowest BCUT2D eigenvalue weighted by atomic mass is 10.1. The van der Waals surface area contributed by atoms with Crippen LogP contribution in [0.15, 0.2) is 78.2 Å². The van der Waals surface area contributed by atoms with E-state index >= 15 is 0 Å². The Morgan fingerprint density at radius 1 is 0.778 bits per heavy atom. The van der Waals surface area contributed by atoms with Crippen LogP contribution >= 0.6 is 0 Å². The molecular formula is C25H19F4N3O4. The highest BCUT2D eigenvalue weighted by Gasteiger charge is 2.35. The number of esters is 1. The number of carbonyl (C=O) groups excluding carboxylic acids is 3. The third kappa shape index (κ3) is 5.35. The Hall–Kier alpha value is -4.67. The molecule has 0 saturated heterocycles. The van der Waals surface area contributed by atoms with E-state index in [1.807, 2.05) is 0 Å². The molecule has 36 heavy (non-hydrogen) atoms. The van der Waals surface area contributed by atoms with Crippen LogP contribution in [0.3, 0.4) is 0 Å². The summed E-state index contributed by atoms with van der Waals surface area (Å²) in [5.74, 6) is -9.56. The van der Waals surface area contributed by atoms with Crippen LogP contribution in [0.25, 0.3) is 0 Å². The quantitative estimate of drug-likeness (QED) is 0.216. The molecule has 7 nitrogen and oxygen atoms in total. The molecule has 3 N–H and O–H groups in total. The zero-order valence-corrected chi connectivity index (χ0v) is 18.7. The number of ether oxygens (including phenoxy) is 1. The van der Waals surface area contributed by atoms with Crippen LogP contribution in [0.1, 0.15) is 27.6 Å². The van der Waals surface area contributed by atoms with Crippen LogP contribution in [-0.2, 0) is 9.53 Å². The summed E-state index contributed by atoms with van der Waals surface area (Å²) in [6.07, 6.45) is 0. The third-order valence-corrected chi connectivity index (χ3v) is 4.79. The van der Waals surface area contributed by atoms with Crippen molar-refractivity contribution < 1.29 is 36.7 Å². The van der Waals surface area contributed by atoms with Gasteiger partial charge in [-0.15, -0.1) is 0 Å². The van der Waals surface area contributed by atoms with Crippen LogP contribution in [0.2, 0.25) is 0 Å². The molecule has 0 aromatic heterocycles. The maximum absolute atomic E-state index is 14.5. The molecule has 0 saturated carbocycles. The van der Waals surface area contributed by atoms with Crippen LogP contribution < -0.4 is 11.1 Å². The first-order valence-corrected chi connectivity index (χ1v) is 10.4. The number of nitrogens with zero attached hydrogens (tertiary/aromatic N) is 1. The fraction of sp³-hybridized carbons (Fsp3) is 0.0800. The van der Waals surface area contributed by atoms with E-state index in [1.54, 1.807) is 0 Å². The number of rotatable bonds is 7. The number of imide groups is 1. The summed E-state index contributed by atoms with van der Waals surface area (Å²) in [6.45, 7) is 1.24. The van der Waals surface area contributed by atoms with Gasteiger partial charge in [-0.25, -0.2) is 27.3 Å². The second-order valence-electron chi connectivity index (χ2n) is 7.11. The predicted molar refractivity (Wildman–Crippen MR) is 121 cm³/mol. The Bertz CT molecular complexity index is 1280. The normalized spacial score (nSPS) is 11.4. The minimum absolute atomic E-state index is 0.120. The van der Waals surface area contributed by atoms with Crippen LogP contribution in [-0.4, -0.2) is 29.3 Å². The van der Waals surface area contributed by atoms with Gasteiger partial charge in [0.2, 0.25) is 0 Å². The zero-order valence-electron chi connectivity index (χ0n) is 18.7. The van der Waals surface area contributed by atoms with Gasteiger partial charge in [-0.3, -0.25) is 9.59 Å². The van der Waals surface area contributed by atoms with Crippen molar-refractivity contribution >= 4 is 23.5 Å². The van der Waals surface area contributed by atoms with E-state index in [-0.39, 0.29) is 11.5 Å². The third-order valence-electron chi connectivity index (χ3n) is 4.79. The van der Waals surface area contributed by atoms with Crippen LogP contribution in [0, 0.1) is 23.3 Å². The summed E-state index contributed by atoms with van der Waals surface area (Å²) in [5.41, 5.74) is 2.66. The van der Waals surface area contributed by atoms with Gasteiger partial charge < -0.3 is 15.8 Å². The van der Waals surface area contributed by atoms with Crippen molar-refractivity contribution in [2.45, 2.75) is 6.92 Å². The molecular weight excluding hydrogens is 482 g/mol. The molecule has 3 rings (SSSR count). The molecule has 186 valence electrons. The minimum Gasteiger partial charge on any atom is -0.461 e. The number of halogens is 4. The lowest BCUT2D eigenvalue weighted by Gasteiger charge is -2.26. The van der Waals surface area contributed by atoms with E-state index in [0.29, 0.717) is 0 Å². The highest BCUT2D eigenvalue weighted by Crippen LogP contribution is 2.26. The standard InChI is InChI=1S/C25H19F4N3O4/c1-2-36-25(35)20(30)22(31-21-18(28)12-7-13-19(21)29)32(23(33)14-8-3-5-10-16(14)26)24(34)15-9-4-6-11-17(15)27/h3-13,31H,2,30H2,1H3/b22-20+. The van der Waals surface area contributed by atoms with Crippen molar-refractivity contribution in [2.75, 3.05) is 11.9 Å². The van der Waals surface area contributed by atoms with Crippen molar-refractivity contribution in [1.29, 1.82) is 0 Å². The van der Waals surface area contributed by atoms with Gasteiger partial charge in [0.25, 0.3) is 11.8 Å². The minimum atomic E-state index is -1.41. The number of carbonyl (C=O) groups is 3. The van der Waals surface area contributed by atoms with Gasteiger partial charge in [-0.2, -0.15) is 0 Å². The number of hydrogen-bond acceptors (Lipinski definition) is 6. The summed E-state index contributed by atoms with van der Waals surface area (Å²) < 4.78 is 62.8. The number of nitrogens with one attached hydrogen (secondary N) is 1. The second kappa shape index (κ2) is 11.2. The van der Waals surface area contributed by atoms with Gasteiger partial charge >= 0.3 is 5.97 Å². The summed E-state index contributed by atoms with van der Waals surface area (Å²) in [5, 5.41) is 2.14. The first-order chi connectivity index (χ1) is 17.2. The first kappa shape index (κ1) is 25.9. The SMILES string of the molecule is CCOC(=O)/C(N)=C(/Nc1c(F)cccc1F)N(C(=O)c1ccccc1F)C(=O)c1ccccc1F. The Balaban J connectivity index is 2.30. The van der Waals surface area contributed by atoms with Crippen molar-refractivity contribution in [3.63, 3.8) is 0 Å². The summed E-state index contributed by atoms with van der Waals surface area (Å²) in [6, 6.07) is 11.7. The summed E-state index contributed by atoms with van der Waals surface area (Å²) >= 11 is 0. The van der Waals surface area contributed by atoms with Crippen molar-refractivity contribution in [2.24, 2.45) is 5.73 Å². The Kier molecular flexibility index (Phi) is 8.05. The second-order valence-corrected chi connectivity index (χ2v) is 7.11. The number of anilines is 1. The lowest BCUT2D eigenvalue weighted by molar-refractivity contribution is -0.138. The largest absolute Gasteiger partial charge is 0.461 e. The summed E-state index contributed by atoms with van der Waals surface area (Å²) in [4.78, 5) is 39.5. The van der Waals surface area contributed by atoms with Gasteiger partial charge in [0.05, 0.1) is 17.7 Å². The maximum Gasteiger partial charge on any atom is 0.358 e. The molecule has 2 amide bonds. The Morgan fingerprint density at radius 3 is 1.67 bits per heavy atom. The molecule has 0 radical (unpaired) electrons. The zero-order chi connectivity index (χ0) is 26.4. The molecule has 0 atom stereocenters. The van der Waals surface area contributed by atoms with Gasteiger partial charge in [0.15, 0.2) is 11.5 Å². The van der Waals surface area contributed by atoms with Gasteiger partial charge in [-0.1, -0.05) is 30.3 Å². The average Bonchev–Trinajstić information content (AvgIpc) is 2.85. The molecule has 3 aromatic carbocycles. The predicted octanol–water partition coefficient (Wildman–Crippen LogP) is 4.33. The Morgan fingerprint density at radius 2 is 1.22 bits per heavy atom. The van der Waals surface area contributed by atoms with Gasteiger partial charge in [-0.05, 0) is 43.3 Å². The smallest absolute Gasteiger partial charge is 0.358 e. The van der Waals surface area contributed by atoms with Crippen molar-refractivity contribution in [1.82, 2.24) is 4.90 Å². The molecule has 0 fully saturated rings. The van der Waals surface area contributed by atoms with E-state index in [4.69, 9.17) is 10.5 Å². The number of para-hydroxylation sites is 1. The highest BCUT2D eigenvalue weighted by atomic mass is 19.1. The number of amides is 2. The van der Waals surface area contributed by atoms with Gasteiger partial charge in [0, 0.05) is 0 Å². The molecule has 0 unspecified atom stereocenters. The molecule has 0 aliphatic heterocycles. The molecule has 0 spiro atoms. The maximum atomic E-state index is 14.5. The van der Waals surface area contributed by atoms with Crippen molar-refractivity contribution in [3.05, 3.63) is 113 Å². The van der Waals surface area contributed by atoms with Crippen molar-refractivity contribution in [3.8, 4) is 0 Å². The van der Waals surface area contributed by atoms with E-state index < -0.39 is 69.4 Å². The first-order valence-electron chi connectivity index (χ1n) is 10.4. The molecule has 0 aliphatic carbocycles. The van der Waals surface area contributed by atoms with Gasteiger partial charge in [0.1, 0.15) is 29.0 Å². The molecule has 11 heteroatoms. The van der Waals surface area contributed by atoms with E-state index in [9.17, 15) is 31.9 Å². The van der Waals surface area contributed by atoms with E-state index in [2.05, 4.69) is 5.32 Å². The highest BCUT2D eigenvalue weighted by molar-refractivity contribution is 6.13. The molecule has 3 aromatic rings. The van der Waals surface area contributed by atoms with E-state index in [1.165, 1.54) is 31.2 Å². The molecule has 0 aliphatic rings.